The van der Waals surface area contributed by atoms with E-state index in [-0.39, 0.29) is 0 Å². The molecule has 1 rings (SSSR count). The lowest BCUT2D eigenvalue weighted by molar-refractivity contribution is 0.0590. The van der Waals surface area contributed by atoms with Crippen LogP contribution in [0.15, 0.2) is 0 Å². The fourth-order valence-corrected chi connectivity index (χ4v) is 1.85. The number of carbonyl (C=O) groups excluding carboxylic acids is 1. The summed E-state index contributed by atoms with van der Waals surface area (Å²) in [5.41, 5.74) is 0.367. The van der Waals surface area contributed by atoms with Crippen LogP contribution in [0.3, 0.4) is 0 Å². The van der Waals surface area contributed by atoms with Crippen molar-refractivity contribution in [2.24, 2.45) is 0 Å². The first kappa shape index (κ1) is 10.1. The zero-order valence-electron chi connectivity index (χ0n) is 7.79. The van der Waals surface area contributed by atoms with Crippen LogP contribution in [0.5, 0.6) is 0 Å². The highest BCUT2D eigenvalue weighted by atomic mass is 32.1. The minimum atomic E-state index is -0.406. The van der Waals surface area contributed by atoms with E-state index < -0.39 is 5.97 Å². The second kappa shape index (κ2) is 4.34. The first-order valence-electron chi connectivity index (χ1n) is 3.72. The van der Waals surface area contributed by atoms with Crippen molar-refractivity contribution >= 4 is 17.3 Å². The summed E-state index contributed by atoms with van der Waals surface area (Å²) in [4.78, 5) is 16.1. The normalized spacial score (nSPS) is 10.1. The minimum Gasteiger partial charge on any atom is -0.464 e. The molecule has 0 unspecified atom stereocenters. The molecule has 0 N–H and O–H groups in total. The Hall–Kier alpha value is -0.940. The predicted octanol–water partition coefficient (Wildman–Crippen LogP) is 1.38. The van der Waals surface area contributed by atoms with Gasteiger partial charge in [-0.25, -0.2) is 9.78 Å². The highest BCUT2D eigenvalue weighted by Gasteiger charge is 2.16. The maximum absolute atomic E-state index is 11.2. The van der Waals surface area contributed by atoms with Crippen molar-refractivity contribution in [1.29, 1.82) is 0 Å². The number of aromatic nitrogens is 1. The van der Waals surface area contributed by atoms with Gasteiger partial charge in [0.1, 0.15) is 0 Å². The van der Waals surface area contributed by atoms with Crippen LogP contribution in [-0.4, -0.2) is 25.2 Å². The van der Waals surface area contributed by atoms with Gasteiger partial charge in [0.15, 0.2) is 5.69 Å². The Kier molecular flexibility index (Phi) is 3.39. The summed E-state index contributed by atoms with van der Waals surface area (Å²) in [6.07, 6.45) is 0. The Morgan fingerprint density at radius 2 is 2.23 bits per heavy atom. The number of carbonyl (C=O) groups is 1. The van der Waals surface area contributed by atoms with Gasteiger partial charge >= 0.3 is 5.97 Å². The molecule has 0 radical (unpaired) electrons. The molecule has 0 spiro atoms. The summed E-state index contributed by atoms with van der Waals surface area (Å²) in [7, 11) is 2.92. The summed E-state index contributed by atoms with van der Waals surface area (Å²) in [6.45, 7) is 2.24. The molecule has 72 valence electrons. The highest BCUT2D eigenvalue weighted by molar-refractivity contribution is 7.11. The molecule has 0 atom stereocenters. The molecule has 1 aromatic rings. The lowest BCUT2D eigenvalue weighted by Crippen LogP contribution is -2.05. The molecule has 0 saturated heterocycles. The maximum Gasteiger partial charge on any atom is 0.357 e. The molecule has 1 aromatic heterocycles. The van der Waals surface area contributed by atoms with Crippen LogP contribution < -0.4 is 0 Å². The van der Waals surface area contributed by atoms with Crippen LogP contribution in [0.25, 0.3) is 0 Å². The van der Waals surface area contributed by atoms with E-state index in [9.17, 15) is 4.79 Å². The van der Waals surface area contributed by atoms with E-state index in [1.54, 1.807) is 7.11 Å². The molecule has 0 aliphatic heterocycles. The van der Waals surface area contributed by atoms with Crippen LogP contribution in [0.2, 0.25) is 0 Å². The summed E-state index contributed by atoms with van der Waals surface area (Å²) in [6, 6.07) is 0. The molecule has 0 amide bonds. The number of methoxy groups -OCH3 is 2. The van der Waals surface area contributed by atoms with Crippen LogP contribution in [0.4, 0.5) is 0 Å². The van der Waals surface area contributed by atoms with E-state index in [0.29, 0.717) is 12.3 Å². The fraction of sp³-hybridized carbons (Fsp3) is 0.500. The van der Waals surface area contributed by atoms with E-state index in [2.05, 4.69) is 9.72 Å². The molecular formula is C8H11NO3S. The SMILES string of the molecule is COCc1sc(C)nc1C(=O)OC. The molecule has 0 aliphatic carbocycles. The van der Waals surface area contributed by atoms with E-state index in [1.807, 2.05) is 6.92 Å². The standard InChI is InChI=1S/C8H11NO3S/c1-5-9-7(8(10)12-3)6(13-5)4-11-2/h4H2,1-3H3. The summed E-state index contributed by atoms with van der Waals surface area (Å²) in [5.74, 6) is -0.406. The minimum absolute atomic E-state index is 0.367. The molecule has 0 aliphatic rings. The highest BCUT2D eigenvalue weighted by Crippen LogP contribution is 2.19. The third-order valence-electron chi connectivity index (χ3n) is 1.46. The van der Waals surface area contributed by atoms with Crippen LogP contribution >= 0.6 is 11.3 Å². The quantitative estimate of drug-likeness (QED) is 0.693. The Morgan fingerprint density at radius 3 is 2.77 bits per heavy atom. The van der Waals surface area contributed by atoms with Gasteiger partial charge in [-0.05, 0) is 6.92 Å². The number of ether oxygens (including phenoxy) is 2. The van der Waals surface area contributed by atoms with E-state index in [0.717, 1.165) is 9.88 Å². The topological polar surface area (TPSA) is 48.4 Å². The summed E-state index contributed by atoms with van der Waals surface area (Å²) < 4.78 is 9.53. The molecule has 0 bridgehead atoms. The van der Waals surface area contributed by atoms with Gasteiger partial charge in [-0.3, -0.25) is 0 Å². The third kappa shape index (κ3) is 2.26. The Bertz CT molecular complexity index is 308. The molecule has 0 fully saturated rings. The van der Waals surface area contributed by atoms with Crippen molar-refractivity contribution in [3.05, 3.63) is 15.6 Å². The molecule has 0 aromatic carbocycles. The van der Waals surface area contributed by atoms with Gasteiger partial charge in [-0.15, -0.1) is 11.3 Å². The van der Waals surface area contributed by atoms with Gasteiger partial charge in [-0.1, -0.05) is 0 Å². The smallest absolute Gasteiger partial charge is 0.357 e. The van der Waals surface area contributed by atoms with Gasteiger partial charge in [-0.2, -0.15) is 0 Å². The zero-order valence-corrected chi connectivity index (χ0v) is 8.60. The number of esters is 1. The number of nitrogens with zero attached hydrogens (tertiary/aromatic N) is 1. The molecule has 1 heterocycles. The van der Waals surface area contributed by atoms with Crippen molar-refractivity contribution in [3.63, 3.8) is 0 Å². The number of thiazole rings is 1. The second-order valence-electron chi connectivity index (χ2n) is 2.43. The van der Waals surface area contributed by atoms with Gasteiger partial charge in [0.2, 0.25) is 0 Å². The number of aryl methyl sites for hydroxylation is 1. The van der Waals surface area contributed by atoms with Crippen LogP contribution in [-0.2, 0) is 16.1 Å². The Labute approximate surface area is 80.5 Å². The average Bonchev–Trinajstić information content (AvgIpc) is 2.46. The average molecular weight is 201 g/mol. The van der Waals surface area contributed by atoms with Crippen LogP contribution in [0.1, 0.15) is 20.4 Å². The number of hydrogen-bond acceptors (Lipinski definition) is 5. The van der Waals surface area contributed by atoms with E-state index >= 15 is 0 Å². The summed E-state index contributed by atoms with van der Waals surface area (Å²) >= 11 is 1.45. The Balaban J connectivity index is 2.96. The van der Waals surface area contributed by atoms with Crippen molar-refractivity contribution in [3.8, 4) is 0 Å². The molecule has 0 saturated carbocycles. The molecule has 13 heavy (non-hydrogen) atoms. The number of rotatable bonds is 3. The molecular weight excluding hydrogens is 190 g/mol. The van der Waals surface area contributed by atoms with Gasteiger partial charge in [0, 0.05) is 7.11 Å². The van der Waals surface area contributed by atoms with E-state index in [4.69, 9.17) is 4.74 Å². The third-order valence-corrected chi connectivity index (χ3v) is 2.40. The van der Waals surface area contributed by atoms with Crippen molar-refractivity contribution in [1.82, 2.24) is 4.98 Å². The first-order valence-corrected chi connectivity index (χ1v) is 4.54. The summed E-state index contributed by atoms with van der Waals surface area (Å²) in [5, 5.41) is 0.840. The monoisotopic (exact) mass is 201 g/mol. The van der Waals surface area contributed by atoms with Gasteiger partial charge in [0.05, 0.1) is 23.6 Å². The van der Waals surface area contributed by atoms with Crippen molar-refractivity contribution in [2.75, 3.05) is 14.2 Å². The molecule has 4 nitrogen and oxygen atoms in total. The molecule has 5 heteroatoms. The van der Waals surface area contributed by atoms with Gasteiger partial charge in [0.25, 0.3) is 0 Å². The number of hydrogen-bond donors (Lipinski definition) is 0. The van der Waals surface area contributed by atoms with E-state index in [1.165, 1.54) is 18.4 Å². The van der Waals surface area contributed by atoms with Gasteiger partial charge < -0.3 is 9.47 Å². The maximum atomic E-state index is 11.2. The lowest BCUT2D eigenvalue weighted by atomic mass is 10.4. The Morgan fingerprint density at radius 1 is 1.54 bits per heavy atom. The largest absolute Gasteiger partial charge is 0.464 e. The van der Waals surface area contributed by atoms with Crippen molar-refractivity contribution in [2.45, 2.75) is 13.5 Å². The van der Waals surface area contributed by atoms with Crippen molar-refractivity contribution < 1.29 is 14.3 Å². The predicted molar refractivity (Wildman–Crippen MR) is 48.9 cm³/mol. The zero-order chi connectivity index (χ0) is 9.84. The second-order valence-corrected chi connectivity index (χ2v) is 3.72. The lowest BCUT2D eigenvalue weighted by Gasteiger charge is -1.97. The first-order chi connectivity index (χ1) is 6.19. The van der Waals surface area contributed by atoms with Crippen LogP contribution in [0, 0.1) is 6.92 Å². The fourth-order valence-electron chi connectivity index (χ4n) is 0.954.